The van der Waals surface area contributed by atoms with Crippen LogP contribution in [0.1, 0.15) is 45.0 Å². The normalized spacial score (nSPS) is 10.7. The fourth-order valence-electron chi connectivity index (χ4n) is 2.15. The number of hydrogen-bond donors (Lipinski definition) is 2. The average Bonchev–Trinajstić information content (AvgIpc) is 2.46. The molecular formula is C15H28N4O. The first-order valence-electron chi connectivity index (χ1n) is 7.65. The number of rotatable bonds is 9. The molecule has 5 nitrogen and oxygen atoms in total. The van der Waals surface area contributed by atoms with Crippen molar-refractivity contribution in [2.24, 2.45) is 0 Å². The molecule has 1 aromatic heterocycles. The van der Waals surface area contributed by atoms with Gasteiger partial charge in [-0.2, -0.15) is 0 Å². The summed E-state index contributed by atoms with van der Waals surface area (Å²) in [6.45, 7) is 10.9. The topological polar surface area (TPSA) is 61.3 Å². The zero-order valence-corrected chi connectivity index (χ0v) is 13.2. The summed E-state index contributed by atoms with van der Waals surface area (Å²) in [5.41, 5.74) is 1.06. The van der Waals surface area contributed by atoms with E-state index in [0.29, 0.717) is 6.54 Å². The van der Waals surface area contributed by atoms with Crippen molar-refractivity contribution in [1.29, 1.82) is 0 Å². The number of hydrogen-bond acceptors (Lipinski definition) is 5. The van der Waals surface area contributed by atoms with Crippen molar-refractivity contribution in [3.05, 3.63) is 11.4 Å². The van der Waals surface area contributed by atoms with Gasteiger partial charge >= 0.3 is 0 Å². The van der Waals surface area contributed by atoms with Crippen molar-refractivity contribution in [1.82, 2.24) is 9.97 Å². The van der Waals surface area contributed by atoms with Gasteiger partial charge in [0.1, 0.15) is 17.5 Å². The van der Waals surface area contributed by atoms with Gasteiger partial charge in [0.25, 0.3) is 0 Å². The van der Waals surface area contributed by atoms with E-state index in [9.17, 15) is 5.11 Å². The summed E-state index contributed by atoms with van der Waals surface area (Å²) < 4.78 is 0. The highest BCUT2D eigenvalue weighted by Gasteiger charge is 2.15. The van der Waals surface area contributed by atoms with E-state index >= 15 is 0 Å². The van der Waals surface area contributed by atoms with Crippen molar-refractivity contribution >= 4 is 11.6 Å². The number of aryl methyl sites for hydroxylation is 1. The van der Waals surface area contributed by atoms with Gasteiger partial charge in [-0.3, -0.25) is 0 Å². The van der Waals surface area contributed by atoms with Crippen molar-refractivity contribution in [3.63, 3.8) is 0 Å². The lowest BCUT2D eigenvalue weighted by Gasteiger charge is -2.25. The first kappa shape index (κ1) is 16.7. The maximum atomic E-state index is 9.29. The molecule has 0 amide bonds. The molecule has 1 aromatic rings. The Bertz CT molecular complexity index is 409. The lowest BCUT2D eigenvalue weighted by Crippen LogP contribution is -2.30. The lowest BCUT2D eigenvalue weighted by atomic mass is 10.2. The number of anilines is 2. The quantitative estimate of drug-likeness (QED) is 0.727. The Morgan fingerprint density at radius 3 is 2.45 bits per heavy atom. The molecule has 0 fully saturated rings. The summed E-state index contributed by atoms with van der Waals surface area (Å²) in [6, 6.07) is 0. The summed E-state index contributed by atoms with van der Waals surface area (Å²) >= 11 is 0. The second kappa shape index (κ2) is 8.74. The van der Waals surface area contributed by atoms with E-state index in [0.717, 1.165) is 55.4 Å². The molecule has 0 aliphatic heterocycles. The minimum absolute atomic E-state index is 0.144. The lowest BCUT2D eigenvalue weighted by molar-refractivity contribution is 0.301. The molecule has 0 aromatic carbocycles. The molecule has 20 heavy (non-hydrogen) atoms. The van der Waals surface area contributed by atoms with Gasteiger partial charge in [0.15, 0.2) is 0 Å². The molecule has 0 spiro atoms. The molecule has 1 heterocycles. The summed E-state index contributed by atoms with van der Waals surface area (Å²) in [5.74, 6) is 2.71. The van der Waals surface area contributed by atoms with Gasteiger partial charge < -0.3 is 15.3 Å². The van der Waals surface area contributed by atoms with Crippen LogP contribution in [0.2, 0.25) is 0 Å². The van der Waals surface area contributed by atoms with Gasteiger partial charge in [0.2, 0.25) is 0 Å². The standard InChI is InChI=1S/C15H28N4O/c1-5-8-9-19(10-11-20)15-12(4)14(16-7-3)17-13(6-2)18-15/h20H,5-11H2,1-4H3,(H,16,17,18). The molecular weight excluding hydrogens is 252 g/mol. The second-order valence-electron chi connectivity index (χ2n) is 4.89. The first-order chi connectivity index (χ1) is 9.67. The summed E-state index contributed by atoms with van der Waals surface area (Å²) in [4.78, 5) is 11.4. The third-order valence-corrected chi connectivity index (χ3v) is 3.28. The van der Waals surface area contributed by atoms with Gasteiger partial charge in [-0.1, -0.05) is 20.3 Å². The molecule has 1 rings (SSSR count). The SMILES string of the molecule is CCCCN(CCO)c1nc(CC)nc(NCC)c1C. The second-order valence-corrected chi connectivity index (χ2v) is 4.89. The zero-order valence-electron chi connectivity index (χ0n) is 13.2. The Labute approximate surface area is 122 Å². The smallest absolute Gasteiger partial charge is 0.137 e. The minimum atomic E-state index is 0.144. The fraction of sp³-hybridized carbons (Fsp3) is 0.733. The maximum Gasteiger partial charge on any atom is 0.137 e. The van der Waals surface area contributed by atoms with Gasteiger partial charge in [-0.15, -0.1) is 0 Å². The number of aliphatic hydroxyl groups excluding tert-OH is 1. The number of nitrogens with one attached hydrogen (secondary N) is 1. The van der Waals surface area contributed by atoms with Crippen LogP contribution in [-0.2, 0) is 6.42 Å². The van der Waals surface area contributed by atoms with E-state index in [-0.39, 0.29) is 6.61 Å². The number of nitrogens with zero attached hydrogens (tertiary/aromatic N) is 3. The van der Waals surface area contributed by atoms with Crippen LogP contribution in [0.5, 0.6) is 0 Å². The Hall–Kier alpha value is -1.36. The highest BCUT2D eigenvalue weighted by Crippen LogP contribution is 2.24. The number of aliphatic hydroxyl groups is 1. The zero-order chi connectivity index (χ0) is 15.0. The maximum absolute atomic E-state index is 9.29. The molecule has 114 valence electrons. The fourth-order valence-corrected chi connectivity index (χ4v) is 2.15. The van der Waals surface area contributed by atoms with Crippen LogP contribution in [-0.4, -0.2) is 41.3 Å². The van der Waals surface area contributed by atoms with Crippen molar-refractivity contribution < 1.29 is 5.11 Å². The molecule has 0 bridgehead atoms. The van der Waals surface area contributed by atoms with Gasteiger partial charge in [-0.05, 0) is 20.3 Å². The average molecular weight is 280 g/mol. The monoisotopic (exact) mass is 280 g/mol. The molecule has 0 saturated heterocycles. The highest BCUT2D eigenvalue weighted by atomic mass is 16.3. The molecule has 5 heteroatoms. The molecule has 0 saturated carbocycles. The molecule has 0 aliphatic rings. The third kappa shape index (κ3) is 4.34. The Morgan fingerprint density at radius 2 is 1.90 bits per heavy atom. The van der Waals surface area contributed by atoms with Crippen molar-refractivity contribution in [2.75, 3.05) is 36.5 Å². The molecule has 2 N–H and O–H groups in total. The van der Waals surface area contributed by atoms with E-state index in [1.165, 1.54) is 0 Å². The van der Waals surface area contributed by atoms with Gasteiger partial charge in [0.05, 0.1) is 6.61 Å². The van der Waals surface area contributed by atoms with E-state index in [2.05, 4.69) is 41.0 Å². The predicted octanol–water partition coefficient (Wildman–Crippen LogP) is 2.38. The molecule has 0 unspecified atom stereocenters. The molecule has 0 radical (unpaired) electrons. The van der Waals surface area contributed by atoms with E-state index in [4.69, 9.17) is 0 Å². The molecule has 0 aliphatic carbocycles. The Kier molecular flexibility index (Phi) is 7.30. The van der Waals surface area contributed by atoms with Crippen LogP contribution >= 0.6 is 0 Å². The largest absolute Gasteiger partial charge is 0.395 e. The summed E-state index contributed by atoms with van der Waals surface area (Å²) in [5, 5.41) is 12.6. The van der Waals surface area contributed by atoms with Crippen LogP contribution in [0.15, 0.2) is 0 Å². The van der Waals surface area contributed by atoms with E-state index in [1.807, 2.05) is 6.92 Å². The van der Waals surface area contributed by atoms with E-state index in [1.54, 1.807) is 0 Å². The van der Waals surface area contributed by atoms with Crippen LogP contribution < -0.4 is 10.2 Å². The first-order valence-corrected chi connectivity index (χ1v) is 7.65. The molecule has 0 atom stereocenters. The van der Waals surface area contributed by atoms with Gasteiger partial charge in [-0.25, -0.2) is 9.97 Å². The summed E-state index contributed by atoms with van der Waals surface area (Å²) in [6.07, 6.45) is 3.04. The van der Waals surface area contributed by atoms with Gasteiger partial charge in [0, 0.05) is 31.6 Å². The summed E-state index contributed by atoms with van der Waals surface area (Å²) in [7, 11) is 0. The van der Waals surface area contributed by atoms with Crippen molar-refractivity contribution in [3.8, 4) is 0 Å². The highest BCUT2D eigenvalue weighted by molar-refractivity contribution is 5.58. The van der Waals surface area contributed by atoms with Crippen LogP contribution in [0.4, 0.5) is 11.6 Å². The Morgan fingerprint density at radius 1 is 1.15 bits per heavy atom. The minimum Gasteiger partial charge on any atom is -0.395 e. The van der Waals surface area contributed by atoms with Crippen LogP contribution in [0.3, 0.4) is 0 Å². The van der Waals surface area contributed by atoms with Crippen LogP contribution in [0.25, 0.3) is 0 Å². The van der Waals surface area contributed by atoms with Crippen molar-refractivity contribution in [2.45, 2.75) is 47.0 Å². The predicted molar refractivity (Wildman–Crippen MR) is 84.5 cm³/mol. The number of unbranched alkanes of at least 4 members (excludes halogenated alkanes) is 1. The van der Waals surface area contributed by atoms with E-state index < -0.39 is 0 Å². The van der Waals surface area contributed by atoms with Crippen LogP contribution in [0, 0.1) is 6.92 Å². The third-order valence-electron chi connectivity index (χ3n) is 3.28. The number of aromatic nitrogens is 2. The Balaban J connectivity index is 3.13.